The Morgan fingerprint density at radius 2 is 1.79 bits per heavy atom. The third kappa shape index (κ3) is 5.08. The van der Waals surface area contributed by atoms with Crippen LogP contribution in [0.3, 0.4) is 0 Å². The number of ether oxygens (including phenoxy) is 1. The van der Waals surface area contributed by atoms with Crippen molar-refractivity contribution in [1.82, 2.24) is 14.8 Å². The number of carbonyl (C=O) groups excluding carboxylic acids is 1. The van der Waals surface area contributed by atoms with E-state index in [2.05, 4.69) is 9.88 Å². The van der Waals surface area contributed by atoms with Gasteiger partial charge >= 0.3 is 0 Å². The molecule has 0 saturated carbocycles. The molecule has 3 aromatic rings. The number of benzene rings is 2. The van der Waals surface area contributed by atoms with E-state index in [-0.39, 0.29) is 5.60 Å². The summed E-state index contributed by atoms with van der Waals surface area (Å²) in [6.07, 6.45) is 5.58. The number of hydrogen-bond acceptors (Lipinski definition) is 5. The van der Waals surface area contributed by atoms with E-state index >= 15 is 0 Å². The van der Waals surface area contributed by atoms with Gasteiger partial charge in [0.25, 0.3) is 5.91 Å². The van der Waals surface area contributed by atoms with E-state index in [9.17, 15) is 18.7 Å². The van der Waals surface area contributed by atoms with Gasteiger partial charge < -0.3 is 14.7 Å². The van der Waals surface area contributed by atoms with Crippen LogP contribution >= 0.6 is 0 Å². The molecule has 0 bridgehead atoms. The smallest absolute Gasteiger partial charge is 0.254 e. The zero-order chi connectivity index (χ0) is 27.1. The van der Waals surface area contributed by atoms with Gasteiger partial charge in [-0.25, -0.2) is 8.78 Å². The molecule has 2 aromatic carbocycles. The summed E-state index contributed by atoms with van der Waals surface area (Å²) in [4.78, 5) is 21.0. The van der Waals surface area contributed by atoms with Crippen LogP contribution in [0.25, 0.3) is 0 Å². The third-order valence-corrected chi connectivity index (χ3v) is 7.76. The molecule has 1 aromatic heterocycles. The van der Waals surface area contributed by atoms with Crippen molar-refractivity contribution in [3.8, 4) is 0 Å². The predicted molar refractivity (Wildman–Crippen MR) is 139 cm³/mol. The number of halogens is 2. The Kier molecular flexibility index (Phi) is 7.07. The van der Waals surface area contributed by atoms with Crippen molar-refractivity contribution in [2.75, 3.05) is 20.1 Å². The van der Waals surface area contributed by atoms with Gasteiger partial charge in [-0.05, 0) is 67.1 Å². The maximum atomic E-state index is 14.1. The SMILES string of the molecule is CN(C(=O)C(C)(C)O)C(c1ccc(CN2CCC3(CC2)OCc2ccncc23)cc1)c1ccc(F)c(F)c1. The molecule has 0 radical (unpaired) electrons. The molecule has 3 heterocycles. The fourth-order valence-corrected chi connectivity index (χ4v) is 5.67. The molecule has 38 heavy (non-hydrogen) atoms. The lowest BCUT2D eigenvalue weighted by atomic mass is 9.84. The molecular weight excluding hydrogens is 488 g/mol. The molecule has 1 spiro atoms. The number of rotatable bonds is 6. The molecule has 1 unspecified atom stereocenters. The molecule has 200 valence electrons. The van der Waals surface area contributed by atoms with E-state index < -0.39 is 29.2 Å². The molecule has 1 atom stereocenters. The largest absolute Gasteiger partial charge is 0.381 e. The average molecular weight is 522 g/mol. The maximum absolute atomic E-state index is 14.1. The van der Waals surface area contributed by atoms with Crippen LogP contribution in [0.5, 0.6) is 0 Å². The molecule has 1 amide bonds. The number of pyridine rings is 1. The van der Waals surface area contributed by atoms with Crippen LogP contribution in [-0.2, 0) is 28.3 Å². The number of aromatic nitrogens is 1. The van der Waals surface area contributed by atoms with Crippen LogP contribution in [0.1, 0.15) is 60.5 Å². The second kappa shape index (κ2) is 10.2. The van der Waals surface area contributed by atoms with E-state index in [1.807, 2.05) is 42.7 Å². The molecule has 1 N–H and O–H groups in total. The first-order valence-corrected chi connectivity index (χ1v) is 12.9. The number of likely N-dealkylation sites (tertiary alicyclic amines) is 1. The van der Waals surface area contributed by atoms with E-state index in [1.165, 1.54) is 35.9 Å². The van der Waals surface area contributed by atoms with Gasteiger partial charge in [0.15, 0.2) is 11.6 Å². The second-order valence-electron chi connectivity index (χ2n) is 10.9. The van der Waals surface area contributed by atoms with Gasteiger partial charge in [0, 0.05) is 44.6 Å². The number of carbonyl (C=O) groups is 1. The highest BCUT2D eigenvalue weighted by Gasteiger charge is 2.42. The number of nitrogens with zero attached hydrogens (tertiary/aromatic N) is 3. The number of amides is 1. The summed E-state index contributed by atoms with van der Waals surface area (Å²) in [5.41, 5.74) is 2.87. The summed E-state index contributed by atoms with van der Waals surface area (Å²) in [6.45, 7) is 6.03. The van der Waals surface area contributed by atoms with Crippen LogP contribution in [-0.4, -0.2) is 51.5 Å². The minimum atomic E-state index is -1.61. The van der Waals surface area contributed by atoms with E-state index in [1.54, 1.807) is 7.05 Å². The van der Waals surface area contributed by atoms with E-state index in [0.717, 1.165) is 55.7 Å². The third-order valence-electron chi connectivity index (χ3n) is 7.76. The van der Waals surface area contributed by atoms with Crippen LogP contribution < -0.4 is 0 Å². The normalized spacial score (nSPS) is 17.8. The molecular formula is C30H33F2N3O3. The van der Waals surface area contributed by atoms with Gasteiger partial charge in [-0.2, -0.15) is 0 Å². The van der Waals surface area contributed by atoms with Crippen molar-refractivity contribution >= 4 is 5.91 Å². The maximum Gasteiger partial charge on any atom is 0.254 e. The van der Waals surface area contributed by atoms with Crippen molar-refractivity contribution in [2.45, 2.75) is 57.1 Å². The molecule has 0 aliphatic carbocycles. The van der Waals surface area contributed by atoms with Gasteiger partial charge in [-0.15, -0.1) is 0 Å². The average Bonchev–Trinajstić information content (AvgIpc) is 3.25. The van der Waals surface area contributed by atoms with Gasteiger partial charge in [0.05, 0.1) is 18.2 Å². The molecule has 8 heteroatoms. The number of likely N-dealkylation sites (N-methyl/N-ethyl adjacent to an activating group) is 1. The fourth-order valence-electron chi connectivity index (χ4n) is 5.67. The minimum Gasteiger partial charge on any atom is -0.381 e. The van der Waals surface area contributed by atoms with Crippen molar-refractivity contribution in [2.24, 2.45) is 0 Å². The first-order chi connectivity index (χ1) is 18.1. The van der Waals surface area contributed by atoms with Crippen molar-refractivity contribution in [1.29, 1.82) is 0 Å². The van der Waals surface area contributed by atoms with Gasteiger partial charge in [-0.1, -0.05) is 30.3 Å². The Bertz CT molecular complexity index is 1320. The first-order valence-electron chi connectivity index (χ1n) is 12.9. The Morgan fingerprint density at radius 3 is 2.45 bits per heavy atom. The Balaban J connectivity index is 1.31. The highest BCUT2D eigenvalue weighted by Crippen LogP contribution is 2.43. The van der Waals surface area contributed by atoms with Crippen molar-refractivity contribution < 1.29 is 23.4 Å². The summed E-state index contributed by atoms with van der Waals surface area (Å²) in [7, 11) is 1.56. The molecule has 1 fully saturated rings. The molecule has 2 aliphatic heterocycles. The van der Waals surface area contributed by atoms with Gasteiger partial charge in [0.2, 0.25) is 0 Å². The van der Waals surface area contributed by atoms with Crippen LogP contribution in [0, 0.1) is 11.6 Å². The van der Waals surface area contributed by atoms with E-state index in [4.69, 9.17) is 4.74 Å². The molecule has 6 nitrogen and oxygen atoms in total. The zero-order valence-corrected chi connectivity index (χ0v) is 22.0. The number of aliphatic hydroxyl groups is 1. The number of hydrogen-bond donors (Lipinski definition) is 1. The zero-order valence-electron chi connectivity index (χ0n) is 22.0. The number of piperidine rings is 1. The molecule has 5 rings (SSSR count). The lowest BCUT2D eigenvalue weighted by molar-refractivity contribution is -0.148. The highest BCUT2D eigenvalue weighted by atomic mass is 19.2. The van der Waals surface area contributed by atoms with Crippen LogP contribution in [0.15, 0.2) is 60.9 Å². The summed E-state index contributed by atoms with van der Waals surface area (Å²) < 4.78 is 34.0. The minimum absolute atomic E-state index is 0.237. The van der Waals surface area contributed by atoms with Gasteiger partial charge in [0.1, 0.15) is 5.60 Å². The van der Waals surface area contributed by atoms with Gasteiger partial charge in [-0.3, -0.25) is 14.7 Å². The summed E-state index contributed by atoms with van der Waals surface area (Å²) >= 11 is 0. The molecule has 2 aliphatic rings. The van der Waals surface area contributed by atoms with Crippen LogP contribution in [0.4, 0.5) is 8.78 Å². The van der Waals surface area contributed by atoms with E-state index in [0.29, 0.717) is 12.2 Å². The summed E-state index contributed by atoms with van der Waals surface area (Å²) in [5, 5.41) is 10.3. The standard InChI is InChI=1S/C30H33F2N3O3/c1-29(2,37)28(36)34(3)27(22-8-9-25(31)26(32)16-22)21-6-4-20(5-7-21)18-35-14-11-30(12-15-35)24-17-33-13-10-23(24)19-38-30/h4-10,13,16-17,27,37H,11-12,14-15,18-19H2,1-3H3. The lowest BCUT2D eigenvalue weighted by Crippen LogP contribution is -2.45. The quantitative estimate of drug-likeness (QED) is 0.510. The fraction of sp³-hybridized carbons (Fsp3) is 0.400. The summed E-state index contributed by atoms with van der Waals surface area (Å²) in [5.74, 6) is -2.46. The Morgan fingerprint density at radius 1 is 1.11 bits per heavy atom. The molecule has 1 saturated heterocycles. The Hall–Kier alpha value is -3.20. The highest BCUT2D eigenvalue weighted by molar-refractivity contribution is 5.84. The monoisotopic (exact) mass is 521 g/mol. The van der Waals surface area contributed by atoms with Crippen LogP contribution in [0.2, 0.25) is 0 Å². The number of fused-ring (bicyclic) bond motifs is 2. The Labute approximate surface area is 221 Å². The first kappa shape index (κ1) is 26.4. The summed E-state index contributed by atoms with van der Waals surface area (Å²) in [6, 6.07) is 12.8. The van der Waals surface area contributed by atoms with Crippen molar-refractivity contribution in [3.63, 3.8) is 0 Å². The topological polar surface area (TPSA) is 65.9 Å². The second-order valence-corrected chi connectivity index (χ2v) is 10.9. The predicted octanol–water partition coefficient (Wildman–Crippen LogP) is 4.70. The lowest BCUT2D eigenvalue weighted by Gasteiger charge is -2.39. The van der Waals surface area contributed by atoms with Crippen molar-refractivity contribution in [3.05, 3.63) is 100 Å².